The lowest BCUT2D eigenvalue weighted by molar-refractivity contribution is -0.933. The van der Waals surface area contributed by atoms with Gasteiger partial charge in [-0.2, -0.15) is 4.31 Å². The quantitative estimate of drug-likeness (QED) is 0.629. The Morgan fingerprint density at radius 1 is 1.04 bits per heavy atom. The van der Waals surface area contributed by atoms with Gasteiger partial charge in [-0.1, -0.05) is 42.5 Å². The van der Waals surface area contributed by atoms with Crippen molar-refractivity contribution in [3.05, 3.63) is 70.3 Å². The Bertz CT molecular complexity index is 878. The minimum Gasteiger partial charge on any atom is -0.327 e. The summed E-state index contributed by atoms with van der Waals surface area (Å²) in [7, 11) is -3.87. The SMILES string of the molecule is C[C@@H](c1ccccc1)[NH+]1CCN(S(=O)(=O)c2ccccc2[N+](=O)[O-])CC1. The summed E-state index contributed by atoms with van der Waals surface area (Å²) in [5.41, 5.74) is 0.845. The molecule has 0 aromatic heterocycles. The molecule has 8 heteroatoms. The van der Waals surface area contributed by atoms with Crippen molar-refractivity contribution in [1.82, 2.24) is 4.31 Å². The summed E-state index contributed by atoms with van der Waals surface area (Å²) in [6, 6.07) is 15.9. The van der Waals surface area contributed by atoms with Gasteiger partial charge in [-0.3, -0.25) is 10.1 Å². The number of nitro benzene ring substituents is 1. The van der Waals surface area contributed by atoms with Gasteiger partial charge in [0.25, 0.3) is 5.69 Å². The fourth-order valence-corrected chi connectivity index (χ4v) is 4.99. The third-order valence-electron chi connectivity index (χ3n) is 4.96. The number of benzene rings is 2. The molecule has 2 aromatic rings. The van der Waals surface area contributed by atoms with Crippen molar-refractivity contribution in [2.75, 3.05) is 26.2 Å². The molecule has 26 heavy (non-hydrogen) atoms. The molecule has 0 saturated carbocycles. The molecule has 2 aromatic carbocycles. The Kier molecular flexibility index (Phi) is 5.36. The minimum absolute atomic E-state index is 0.232. The highest BCUT2D eigenvalue weighted by Gasteiger charge is 2.36. The fraction of sp³-hybridized carbons (Fsp3) is 0.333. The van der Waals surface area contributed by atoms with Crippen LogP contribution in [0.4, 0.5) is 5.69 Å². The van der Waals surface area contributed by atoms with Gasteiger partial charge in [0.15, 0.2) is 4.90 Å². The van der Waals surface area contributed by atoms with E-state index in [1.165, 1.54) is 39.0 Å². The van der Waals surface area contributed by atoms with Gasteiger partial charge in [-0.05, 0) is 13.0 Å². The molecule has 0 amide bonds. The molecule has 0 aliphatic carbocycles. The fourth-order valence-electron chi connectivity index (χ4n) is 3.39. The van der Waals surface area contributed by atoms with Crippen LogP contribution >= 0.6 is 0 Å². The number of piperazine rings is 1. The lowest BCUT2D eigenvalue weighted by atomic mass is 10.1. The number of hydrogen-bond acceptors (Lipinski definition) is 4. The molecule has 1 aliphatic rings. The highest BCUT2D eigenvalue weighted by atomic mass is 32.2. The molecule has 1 saturated heterocycles. The number of hydrogen-bond donors (Lipinski definition) is 1. The van der Waals surface area contributed by atoms with Crippen molar-refractivity contribution in [3.8, 4) is 0 Å². The Labute approximate surface area is 153 Å². The Hall–Kier alpha value is -2.29. The van der Waals surface area contributed by atoms with Gasteiger partial charge in [0, 0.05) is 11.6 Å². The van der Waals surface area contributed by atoms with Gasteiger partial charge in [0.1, 0.15) is 6.04 Å². The third-order valence-corrected chi connectivity index (χ3v) is 6.90. The van der Waals surface area contributed by atoms with Crippen LogP contribution in [0.3, 0.4) is 0 Å². The summed E-state index contributed by atoms with van der Waals surface area (Å²) in [4.78, 5) is 11.6. The normalized spacial score (nSPS) is 17.7. The van der Waals surface area contributed by atoms with Crippen LogP contribution in [0.5, 0.6) is 0 Å². The molecule has 7 nitrogen and oxygen atoms in total. The molecule has 1 atom stereocenters. The first-order chi connectivity index (χ1) is 12.4. The van der Waals surface area contributed by atoms with Crippen LogP contribution in [-0.4, -0.2) is 43.8 Å². The van der Waals surface area contributed by atoms with Gasteiger partial charge >= 0.3 is 0 Å². The summed E-state index contributed by atoms with van der Waals surface area (Å²) in [5, 5.41) is 11.2. The number of sulfonamides is 1. The van der Waals surface area contributed by atoms with E-state index in [2.05, 4.69) is 19.1 Å². The van der Waals surface area contributed by atoms with E-state index in [9.17, 15) is 18.5 Å². The lowest BCUT2D eigenvalue weighted by Crippen LogP contribution is -3.14. The van der Waals surface area contributed by atoms with Crippen molar-refractivity contribution in [2.24, 2.45) is 0 Å². The highest BCUT2D eigenvalue weighted by Crippen LogP contribution is 2.26. The van der Waals surface area contributed by atoms with E-state index in [-0.39, 0.29) is 16.6 Å². The van der Waals surface area contributed by atoms with Gasteiger partial charge in [-0.25, -0.2) is 8.42 Å². The van der Waals surface area contributed by atoms with Gasteiger partial charge < -0.3 is 4.90 Å². The Balaban J connectivity index is 1.74. The first-order valence-electron chi connectivity index (χ1n) is 8.54. The zero-order valence-corrected chi connectivity index (χ0v) is 15.4. The van der Waals surface area contributed by atoms with E-state index >= 15 is 0 Å². The third kappa shape index (κ3) is 3.62. The van der Waals surface area contributed by atoms with Gasteiger partial charge in [0.05, 0.1) is 31.1 Å². The molecule has 1 fully saturated rings. The van der Waals surface area contributed by atoms with Crippen LogP contribution in [0.15, 0.2) is 59.5 Å². The molecule has 1 aliphatic heterocycles. The van der Waals surface area contributed by atoms with Gasteiger partial charge in [0.2, 0.25) is 10.0 Å². The summed E-state index contributed by atoms with van der Waals surface area (Å²) >= 11 is 0. The standard InChI is InChI=1S/C18H21N3O4S/c1-15(16-7-3-2-4-8-16)19-11-13-20(14-12-19)26(24,25)18-10-6-5-9-17(18)21(22)23/h2-10,15H,11-14H2,1H3/p+1/t15-/m0/s1. The summed E-state index contributed by atoms with van der Waals surface area (Å²) in [5.74, 6) is 0. The van der Waals surface area contributed by atoms with Crippen LogP contribution < -0.4 is 4.90 Å². The number of quaternary nitrogens is 1. The van der Waals surface area contributed by atoms with Gasteiger partial charge in [-0.15, -0.1) is 0 Å². The topological polar surface area (TPSA) is 85.0 Å². The number of nitro groups is 1. The first-order valence-corrected chi connectivity index (χ1v) is 9.98. The molecule has 1 N–H and O–H groups in total. The van der Waals surface area contributed by atoms with E-state index in [0.717, 1.165) is 0 Å². The maximum Gasteiger partial charge on any atom is 0.289 e. The van der Waals surface area contributed by atoms with E-state index < -0.39 is 14.9 Å². The summed E-state index contributed by atoms with van der Waals surface area (Å²) < 4.78 is 27.1. The minimum atomic E-state index is -3.87. The molecule has 0 unspecified atom stereocenters. The van der Waals surface area contributed by atoms with Crippen molar-refractivity contribution in [1.29, 1.82) is 0 Å². The van der Waals surface area contributed by atoms with Crippen molar-refractivity contribution in [3.63, 3.8) is 0 Å². The largest absolute Gasteiger partial charge is 0.327 e. The average molecular weight is 376 g/mol. The van der Waals surface area contributed by atoms with Crippen molar-refractivity contribution >= 4 is 15.7 Å². The number of rotatable bonds is 5. The predicted molar refractivity (Wildman–Crippen MR) is 97.4 cm³/mol. The van der Waals surface area contributed by atoms with E-state index in [4.69, 9.17) is 0 Å². The molecular formula is C18H22N3O4S+. The van der Waals surface area contributed by atoms with Crippen LogP contribution in [0.1, 0.15) is 18.5 Å². The second kappa shape index (κ2) is 7.53. The maximum absolute atomic E-state index is 12.9. The molecule has 1 heterocycles. The molecule has 0 spiro atoms. The van der Waals surface area contributed by atoms with Crippen molar-refractivity contribution in [2.45, 2.75) is 17.9 Å². The first kappa shape index (κ1) is 18.5. The number of nitrogens with zero attached hydrogens (tertiary/aromatic N) is 2. The Morgan fingerprint density at radius 3 is 2.23 bits per heavy atom. The van der Waals surface area contributed by atoms with E-state index in [1.54, 1.807) is 0 Å². The smallest absolute Gasteiger partial charge is 0.289 e. The number of para-hydroxylation sites is 1. The van der Waals surface area contributed by atoms with Crippen LogP contribution in [0.25, 0.3) is 0 Å². The zero-order chi connectivity index (χ0) is 18.7. The maximum atomic E-state index is 12.9. The molecule has 0 bridgehead atoms. The van der Waals surface area contributed by atoms with Crippen LogP contribution in [0, 0.1) is 10.1 Å². The monoisotopic (exact) mass is 376 g/mol. The highest BCUT2D eigenvalue weighted by molar-refractivity contribution is 7.89. The summed E-state index contributed by atoms with van der Waals surface area (Å²) in [6.07, 6.45) is 0. The zero-order valence-electron chi connectivity index (χ0n) is 14.5. The van der Waals surface area contributed by atoms with Crippen molar-refractivity contribution < 1.29 is 18.2 Å². The number of nitrogens with one attached hydrogen (secondary N) is 1. The molecule has 3 rings (SSSR count). The predicted octanol–water partition coefficient (Wildman–Crippen LogP) is 1.25. The summed E-state index contributed by atoms with van der Waals surface area (Å²) in [6.45, 7) is 4.16. The average Bonchev–Trinajstić information content (AvgIpc) is 2.68. The van der Waals surface area contributed by atoms with Crippen LogP contribution in [-0.2, 0) is 10.0 Å². The lowest BCUT2D eigenvalue weighted by Gasteiger charge is -2.34. The molecule has 138 valence electrons. The Morgan fingerprint density at radius 2 is 1.62 bits per heavy atom. The second-order valence-corrected chi connectivity index (χ2v) is 8.33. The van der Waals surface area contributed by atoms with E-state index in [0.29, 0.717) is 26.2 Å². The second-order valence-electron chi connectivity index (χ2n) is 6.42. The molecule has 0 radical (unpaired) electrons. The van der Waals surface area contributed by atoms with Crippen LogP contribution in [0.2, 0.25) is 0 Å². The van der Waals surface area contributed by atoms with E-state index in [1.807, 2.05) is 18.2 Å². The molecular weight excluding hydrogens is 354 g/mol.